The molecule has 3 rings (SSSR count). The SMILES string of the molecule is c1nn(C2CCCCNC2)cc1OC1CCCC1. The van der Waals surface area contributed by atoms with Gasteiger partial charge in [-0.25, -0.2) is 0 Å². The zero-order chi connectivity index (χ0) is 12.2. The van der Waals surface area contributed by atoms with E-state index in [0.717, 1.165) is 18.8 Å². The molecule has 1 unspecified atom stereocenters. The van der Waals surface area contributed by atoms with Crippen LogP contribution in [0.15, 0.2) is 12.4 Å². The van der Waals surface area contributed by atoms with Crippen molar-refractivity contribution >= 4 is 0 Å². The van der Waals surface area contributed by atoms with E-state index < -0.39 is 0 Å². The first kappa shape index (κ1) is 12.0. The predicted octanol–water partition coefficient (Wildman–Crippen LogP) is 2.52. The third-order valence-electron chi connectivity index (χ3n) is 4.08. The topological polar surface area (TPSA) is 39.1 Å². The van der Waals surface area contributed by atoms with Crippen LogP contribution in [0.2, 0.25) is 0 Å². The number of rotatable bonds is 3. The molecule has 0 bridgehead atoms. The molecule has 1 saturated heterocycles. The van der Waals surface area contributed by atoms with Gasteiger partial charge < -0.3 is 10.1 Å². The monoisotopic (exact) mass is 249 g/mol. The summed E-state index contributed by atoms with van der Waals surface area (Å²) >= 11 is 0. The van der Waals surface area contributed by atoms with Crippen molar-refractivity contribution in [2.24, 2.45) is 0 Å². The minimum atomic E-state index is 0.426. The van der Waals surface area contributed by atoms with E-state index in [4.69, 9.17) is 4.74 Å². The number of ether oxygens (including phenoxy) is 1. The van der Waals surface area contributed by atoms with Crippen LogP contribution in [0, 0.1) is 0 Å². The Balaban J connectivity index is 1.60. The lowest BCUT2D eigenvalue weighted by molar-refractivity contribution is 0.209. The van der Waals surface area contributed by atoms with Gasteiger partial charge in [-0.3, -0.25) is 4.68 Å². The van der Waals surface area contributed by atoms with Crippen LogP contribution in [0.1, 0.15) is 51.0 Å². The van der Waals surface area contributed by atoms with Crippen molar-refractivity contribution < 1.29 is 4.74 Å². The largest absolute Gasteiger partial charge is 0.487 e. The molecule has 18 heavy (non-hydrogen) atoms. The van der Waals surface area contributed by atoms with Gasteiger partial charge in [-0.15, -0.1) is 0 Å². The van der Waals surface area contributed by atoms with Crippen molar-refractivity contribution in [2.45, 2.75) is 57.1 Å². The maximum absolute atomic E-state index is 5.97. The standard InChI is InChI=1S/C14H23N3O/c1-2-7-13(6-1)18-14-10-16-17(11-14)12-5-3-4-8-15-9-12/h10-13,15H,1-9H2. The summed E-state index contributed by atoms with van der Waals surface area (Å²) in [6.07, 6.45) is 13.2. The third-order valence-corrected chi connectivity index (χ3v) is 4.08. The van der Waals surface area contributed by atoms with Gasteiger partial charge in [0.15, 0.2) is 5.75 Å². The molecule has 2 aliphatic rings. The average molecular weight is 249 g/mol. The molecule has 0 spiro atoms. The number of aromatic nitrogens is 2. The molecule has 100 valence electrons. The second-order valence-corrected chi connectivity index (χ2v) is 5.53. The van der Waals surface area contributed by atoms with Crippen LogP contribution >= 0.6 is 0 Å². The normalized spacial score (nSPS) is 26.1. The summed E-state index contributed by atoms with van der Waals surface area (Å²) in [5, 5.41) is 7.95. The lowest BCUT2D eigenvalue weighted by Crippen LogP contribution is -2.23. The van der Waals surface area contributed by atoms with Crippen LogP contribution in [0.3, 0.4) is 0 Å². The van der Waals surface area contributed by atoms with Gasteiger partial charge in [0.2, 0.25) is 0 Å². The molecule has 0 aromatic carbocycles. The number of nitrogens with zero attached hydrogens (tertiary/aromatic N) is 2. The van der Waals surface area contributed by atoms with Crippen molar-refractivity contribution in [1.82, 2.24) is 15.1 Å². The Kier molecular flexibility index (Phi) is 3.84. The molecule has 4 heteroatoms. The van der Waals surface area contributed by atoms with Gasteiger partial charge in [-0.2, -0.15) is 5.10 Å². The molecule has 0 radical (unpaired) electrons. The maximum atomic E-state index is 5.97. The number of hydrogen-bond donors (Lipinski definition) is 1. The zero-order valence-electron chi connectivity index (χ0n) is 11.0. The van der Waals surface area contributed by atoms with Gasteiger partial charge in [-0.05, 0) is 45.1 Å². The summed E-state index contributed by atoms with van der Waals surface area (Å²) in [5.41, 5.74) is 0. The first-order valence-electron chi connectivity index (χ1n) is 7.33. The van der Waals surface area contributed by atoms with Gasteiger partial charge in [0.1, 0.15) is 0 Å². The summed E-state index contributed by atoms with van der Waals surface area (Å²) < 4.78 is 8.06. The number of hydrogen-bond acceptors (Lipinski definition) is 3. The molecule has 1 aromatic rings. The Morgan fingerprint density at radius 1 is 1.17 bits per heavy atom. The fourth-order valence-electron chi connectivity index (χ4n) is 3.01. The fraction of sp³-hybridized carbons (Fsp3) is 0.786. The van der Waals surface area contributed by atoms with Crippen LogP contribution in [-0.2, 0) is 0 Å². The van der Waals surface area contributed by atoms with E-state index in [-0.39, 0.29) is 0 Å². The number of nitrogens with one attached hydrogen (secondary N) is 1. The third kappa shape index (κ3) is 2.86. The Morgan fingerprint density at radius 2 is 2.00 bits per heavy atom. The highest BCUT2D eigenvalue weighted by Crippen LogP contribution is 2.25. The predicted molar refractivity (Wildman–Crippen MR) is 70.9 cm³/mol. The zero-order valence-corrected chi connectivity index (χ0v) is 11.0. The highest BCUT2D eigenvalue weighted by Gasteiger charge is 2.19. The molecule has 2 fully saturated rings. The Hall–Kier alpha value is -1.03. The van der Waals surface area contributed by atoms with Gasteiger partial charge in [0.25, 0.3) is 0 Å². The molecule has 1 atom stereocenters. The van der Waals surface area contributed by atoms with E-state index in [1.165, 1.54) is 44.9 Å². The van der Waals surface area contributed by atoms with Crippen molar-refractivity contribution in [3.63, 3.8) is 0 Å². The van der Waals surface area contributed by atoms with Crippen molar-refractivity contribution in [3.8, 4) is 5.75 Å². The van der Waals surface area contributed by atoms with Crippen LogP contribution in [-0.4, -0.2) is 29.0 Å². The first-order valence-corrected chi connectivity index (χ1v) is 7.33. The summed E-state index contributed by atoms with van der Waals surface area (Å²) in [4.78, 5) is 0. The van der Waals surface area contributed by atoms with E-state index in [0.29, 0.717) is 12.1 Å². The van der Waals surface area contributed by atoms with Crippen molar-refractivity contribution in [1.29, 1.82) is 0 Å². The van der Waals surface area contributed by atoms with Crippen molar-refractivity contribution in [3.05, 3.63) is 12.4 Å². The van der Waals surface area contributed by atoms with E-state index in [9.17, 15) is 0 Å². The minimum absolute atomic E-state index is 0.426. The van der Waals surface area contributed by atoms with Gasteiger partial charge in [0.05, 0.1) is 24.5 Å². The van der Waals surface area contributed by atoms with E-state index in [1.54, 1.807) is 0 Å². The molecular formula is C14H23N3O. The first-order chi connectivity index (χ1) is 8.92. The maximum Gasteiger partial charge on any atom is 0.157 e. The van der Waals surface area contributed by atoms with Gasteiger partial charge in [-0.1, -0.05) is 6.42 Å². The Bertz CT molecular complexity index is 363. The fourth-order valence-corrected chi connectivity index (χ4v) is 3.01. The molecule has 0 amide bonds. The molecule has 1 saturated carbocycles. The lowest BCUT2D eigenvalue weighted by Gasteiger charge is -2.14. The smallest absolute Gasteiger partial charge is 0.157 e. The quantitative estimate of drug-likeness (QED) is 0.894. The van der Waals surface area contributed by atoms with Crippen LogP contribution < -0.4 is 10.1 Å². The summed E-state index contributed by atoms with van der Waals surface area (Å²) in [7, 11) is 0. The summed E-state index contributed by atoms with van der Waals surface area (Å²) in [6.45, 7) is 2.17. The molecular weight excluding hydrogens is 226 g/mol. The summed E-state index contributed by atoms with van der Waals surface area (Å²) in [5.74, 6) is 0.950. The second kappa shape index (κ2) is 5.74. The molecule has 1 aliphatic carbocycles. The van der Waals surface area contributed by atoms with E-state index in [2.05, 4.69) is 21.3 Å². The highest BCUT2D eigenvalue weighted by atomic mass is 16.5. The van der Waals surface area contributed by atoms with Crippen molar-refractivity contribution in [2.75, 3.05) is 13.1 Å². The van der Waals surface area contributed by atoms with E-state index >= 15 is 0 Å². The van der Waals surface area contributed by atoms with Crippen LogP contribution in [0.4, 0.5) is 0 Å². The van der Waals surface area contributed by atoms with E-state index in [1.807, 2.05) is 6.20 Å². The highest BCUT2D eigenvalue weighted by molar-refractivity contribution is 5.13. The average Bonchev–Trinajstić information content (AvgIpc) is 2.97. The lowest BCUT2D eigenvalue weighted by atomic mass is 10.1. The van der Waals surface area contributed by atoms with Gasteiger partial charge in [0, 0.05) is 6.54 Å². The second-order valence-electron chi connectivity index (χ2n) is 5.53. The van der Waals surface area contributed by atoms with Crippen LogP contribution in [0.5, 0.6) is 5.75 Å². The molecule has 4 nitrogen and oxygen atoms in total. The molecule has 1 aromatic heterocycles. The molecule has 1 aliphatic heterocycles. The molecule has 2 heterocycles. The van der Waals surface area contributed by atoms with Crippen LogP contribution in [0.25, 0.3) is 0 Å². The summed E-state index contributed by atoms with van der Waals surface area (Å²) in [6, 6.07) is 0.494. The minimum Gasteiger partial charge on any atom is -0.487 e. The van der Waals surface area contributed by atoms with Gasteiger partial charge >= 0.3 is 0 Å². The molecule has 1 N–H and O–H groups in total. The Morgan fingerprint density at radius 3 is 2.89 bits per heavy atom. The Labute approximate surface area is 109 Å².